The number of hydrogen-bond donors (Lipinski definition) is 1. The Labute approximate surface area is 346 Å². The number of esters is 2. The standard InChI is InChI=1S/C51H86O5/c1-3-5-7-9-11-13-14-15-16-17-18-19-20-21-22-23-24-25-26-27-28-29-30-31-32-33-34-35-36-38-40-42-44-46-51(54)56-49(47-52)48-55-50(53)45-43-41-39-37-12-10-8-6-4-2/h5,7,11,13,15-16,18-19,21-22,24-25,27-28,49,52H,3-4,6,8-10,12,14,17,20,23,26,29-48H2,1-2H3/b7-5-,13-11-,16-15-,19-18-,22-21-,25-24-,28-27-. The van der Waals surface area contributed by atoms with E-state index in [1.54, 1.807) is 0 Å². The van der Waals surface area contributed by atoms with Gasteiger partial charge in [0.05, 0.1) is 6.61 Å². The zero-order valence-electron chi connectivity index (χ0n) is 36.4. The third-order valence-electron chi connectivity index (χ3n) is 9.70. The molecule has 0 aromatic heterocycles. The number of allylic oxidation sites excluding steroid dienone is 14. The lowest BCUT2D eigenvalue weighted by Gasteiger charge is -2.15. The molecule has 0 bridgehead atoms. The molecule has 1 N–H and O–H groups in total. The molecule has 0 saturated carbocycles. The van der Waals surface area contributed by atoms with Gasteiger partial charge in [-0.3, -0.25) is 9.59 Å². The maximum Gasteiger partial charge on any atom is 0.306 e. The molecule has 0 aliphatic heterocycles. The average molecular weight is 779 g/mol. The lowest BCUT2D eigenvalue weighted by atomic mass is 10.0. The monoisotopic (exact) mass is 779 g/mol. The molecule has 5 heteroatoms. The van der Waals surface area contributed by atoms with Gasteiger partial charge < -0.3 is 14.6 Å². The fourth-order valence-electron chi connectivity index (χ4n) is 6.24. The highest BCUT2D eigenvalue weighted by Crippen LogP contribution is 2.14. The first-order chi connectivity index (χ1) is 27.6. The normalized spacial score (nSPS) is 13.0. The van der Waals surface area contributed by atoms with Crippen molar-refractivity contribution in [3.8, 4) is 0 Å². The van der Waals surface area contributed by atoms with E-state index in [1.165, 1.54) is 96.3 Å². The number of carbonyl (C=O) groups is 2. The molecule has 0 heterocycles. The minimum atomic E-state index is -0.773. The van der Waals surface area contributed by atoms with Gasteiger partial charge >= 0.3 is 11.9 Å². The minimum Gasteiger partial charge on any atom is -0.462 e. The van der Waals surface area contributed by atoms with E-state index in [4.69, 9.17) is 9.47 Å². The Balaban J connectivity index is 3.54. The summed E-state index contributed by atoms with van der Waals surface area (Å²) in [7, 11) is 0. The Hall–Kier alpha value is -2.92. The number of ether oxygens (including phenoxy) is 2. The van der Waals surface area contributed by atoms with E-state index in [9.17, 15) is 14.7 Å². The fraction of sp³-hybridized carbons (Fsp3) is 0.686. The van der Waals surface area contributed by atoms with Crippen LogP contribution >= 0.6 is 0 Å². The van der Waals surface area contributed by atoms with Crippen LogP contribution in [0.4, 0.5) is 0 Å². The van der Waals surface area contributed by atoms with Crippen molar-refractivity contribution >= 4 is 11.9 Å². The third kappa shape index (κ3) is 43.8. The van der Waals surface area contributed by atoms with Gasteiger partial charge in [-0.1, -0.05) is 208 Å². The van der Waals surface area contributed by atoms with Crippen molar-refractivity contribution in [1.29, 1.82) is 0 Å². The Morgan fingerprint density at radius 2 is 0.768 bits per heavy atom. The smallest absolute Gasteiger partial charge is 0.306 e. The van der Waals surface area contributed by atoms with Crippen molar-refractivity contribution < 1.29 is 24.2 Å². The molecule has 0 aliphatic carbocycles. The first-order valence-corrected chi connectivity index (χ1v) is 23.1. The highest BCUT2D eigenvalue weighted by Gasteiger charge is 2.16. The van der Waals surface area contributed by atoms with Crippen LogP contribution in [0.1, 0.15) is 206 Å². The fourth-order valence-corrected chi connectivity index (χ4v) is 6.24. The van der Waals surface area contributed by atoms with Crippen molar-refractivity contribution in [2.75, 3.05) is 13.2 Å². The summed E-state index contributed by atoms with van der Waals surface area (Å²) in [6, 6.07) is 0. The molecule has 56 heavy (non-hydrogen) atoms. The van der Waals surface area contributed by atoms with Crippen molar-refractivity contribution in [1.82, 2.24) is 0 Å². The maximum absolute atomic E-state index is 12.2. The largest absolute Gasteiger partial charge is 0.462 e. The van der Waals surface area contributed by atoms with Gasteiger partial charge in [0.2, 0.25) is 0 Å². The summed E-state index contributed by atoms with van der Waals surface area (Å²) in [5, 5.41) is 9.55. The van der Waals surface area contributed by atoms with Crippen LogP contribution in [0.2, 0.25) is 0 Å². The van der Waals surface area contributed by atoms with Gasteiger partial charge in [-0.05, 0) is 70.6 Å². The number of rotatable bonds is 41. The Bertz CT molecular complexity index is 1060. The second-order valence-corrected chi connectivity index (χ2v) is 15.1. The Morgan fingerprint density at radius 3 is 1.16 bits per heavy atom. The topological polar surface area (TPSA) is 72.8 Å². The molecule has 0 aliphatic rings. The van der Waals surface area contributed by atoms with Crippen LogP contribution in [0.5, 0.6) is 0 Å². The van der Waals surface area contributed by atoms with Crippen LogP contribution in [-0.4, -0.2) is 36.4 Å². The van der Waals surface area contributed by atoms with Crippen LogP contribution < -0.4 is 0 Å². The zero-order valence-corrected chi connectivity index (χ0v) is 36.4. The predicted molar refractivity (Wildman–Crippen MR) is 242 cm³/mol. The highest BCUT2D eigenvalue weighted by atomic mass is 16.6. The number of unbranched alkanes of at least 4 members (excludes halogenated alkanes) is 19. The van der Waals surface area contributed by atoms with E-state index in [2.05, 4.69) is 98.9 Å². The summed E-state index contributed by atoms with van der Waals surface area (Å²) < 4.78 is 10.6. The molecule has 0 fully saturated rings. The first-order valence-electron chi connectivity index (χ1n) is 23.1. The second kappa shape index (κ2) is 46.5. The number of carbonyl (C=O) groups excluding carboxylic acids is 2. The van der Waals surface area contributed by atoms with E-state index in [-0.39, 0.29) is 25.2 Å². The Kier molecular flexibility index (Phi) is 44.0. The van der Waals surface area contributed by atoms with E-state index in [0.717, 1.165) is 83.5 Å². The minimum absolute atomic E-state index is 0.0682. The molecule has 0 aromatic rings. The molecule has 0 spiro atoms. The summed E-state index contributed by atoms with van der Waals surface area (Å²) in [6.45, 7) is 3.99. The zero-order chi connectivity index (χ0) is 40.7. The first kappa shape index (κ1) is 53.1. The van der Waals surface area contributed by atoms with E-state index in [1.807, 2.05) is 0 Å². The third-order valence-corrected chi connectivity index (χ3v) is 9.70. The van der Waals surface area contributed by atoms with E-state index >= 15 is 0 Å². The van der Waals surface area contributed by atoms with Gasteiger partial charge in [-0.2, -0.15) is 0 Å². The lowest BCUT2D eigenvalue weighted by Crippen LogP contribution is -2.28. The molecule has 320 valence electrons. The molecule has 1 atom stereocenters. The maximum atomic E-state index is 12.2. The summed E-state index contributed by atoms with van der Waals surface area (Å²) >= 11 is 0. The van der Waals surface area contributed by atoms with Crippen LogP contribution in [0.25, 0.3) is 0 Å². The molecule has 0 aromatic carbocycles. The summed E-state index contributed by atoms with van der Waals surface area (Å²) in [6.07, 6.45) is 63.9. The van der Waals surface area contributed by atoms with E-state index < -0.39 is 6.10 Å². The van der Waals surface area contributed by atoms with Crippen LogP contribution in [0.3, 0.4) is 0 Å². The van der Waals surface area contributed by atoms with Crippen molar-refractivity contribution in [2.45, 2.75) is 213 Å². The summed E-state index contributed by atoms with van der Waals surface area (Å²) in [5.74, 6) is -0.599. The predicted octanol–water partition coefficient (Wildman–Crippen LogP) is 15.1. The molecular formula is C51H86O5. The average Bonchev–Trinajstić information content (AvgIpc) is 3.20. The Morgan fingerprint density at radius 1 is 0.429 bits per heavy atom. The number of aliphatic hydroxyl groups excluding tert-OH is 1. The molecular weight excluding hydrogens is 693 g/mol. The molecule has 1 unspecified atom stereocenters. The van der Waals surface area contributed by atoms with Crippen molar-refractivity contribution in [3.63, 3.8) is 0 Å². The molecule has 5 nitrogen and oxygen atoms in total. The van der Waals surface area contributed by atoms with Gasteiger partial charge in [0.1, 0.15) is 6.61 Å². The molecule has 0 saturated heterocycles. The van der Waals surface area contributed by atoms with E-state index in [0.29, 0.717) is 12.8 Å². The van der Waals surface area contributed by atoms with Crippen LogP contribution in [-0.2, 0) is 19.1 Å². The van der Waals surface area contributed by atoms with Crippen molar-refractivity contribution in [2.24, 2.45) is 0 Å². The summed E-state index contributed by atoms with van der Waals surface area (Å²) in [4.78, 5) is 24.2. The van der Waals surface area contributed by atoms with Gasteiger partial charge in [0, 0.05) is 12.8 Å². The highest BCUT2D eigenvalue weighted by molar-refractivity contribution is 5.70. The molecule has 0 amide bonds. The van der Waals surface area contributed by atoms with Gasteiger partial charge in [-0.15, -0.1) is 0 Å². The quantitative estimate of drug-likeness (QED) is 0.0380. The van der Waals surface area contributed by atoms with Crippen molar-refractivity contribution in [3.05, 3.63) is 85.1 Å². The van der Waals surface area contributed by atoms with Gasteiger partial charge in [0.25, 0.3) is 0 Å². The number of hydrogen-bond acceptors (Lipinski definition) is 5. The lowest BCUT2D eigenvalue weighted by molar-refractivity contribution is -0.161. The van der Waals surface area contributed by atoms with Gasteiger partial charge in [0.15, 0.2) is 6.10 Å². The van der Waals surface area contributed by atoms with Gasteiger partial charge in [-0.25, -0.2) is 0 Å². The number of aliphatic hydroxyl groups is 1. The SMILES string of the molecule is CC/C=C\C/C=C\C/C=C\C/C=C\C/C=C\C/C=C\C/C=C\CCCCCCCCCCCCCC(=O)OC(CO)COC(=O)CCCCCCCCCCC. The van der Waals surface area contributed by atoms with Crippen LogP contribution in [0.15, 0.2) is 85.1 Å². The molecule has 0 rings (SSSR count). The second-order valence-electron chi connectivity index (χ2n) is 15.1. The van der Waals surface area contributed by atoms with Crippen LogP contribution in [0, 0.1) is 0 Å². The molecule has 0 radical (unpaired) electrons. The summed E-state index contributed by atoms with van der Waals surface area (Å²) in [5.41, 5.74) is 0.